The minimum Gasteiger partial charge on any atom is -0.495 e. The maximum Gasteiger partial charge on any atom is 0.233 e. The van der Waals surface area contributed by atoms with Crippen molar-refractivity contribution in [1.82, 2.24) is 19.7 Å². The number of carbonyl (C=O) groups excluding carboxylic acids is 1. The van der Waals surface area contributed by atoms with Crippen LogP contribution in [-0.2, 0) is 4.79 Å². The summed E-state index contributed by atoms with van der Waals surface area (Å²) in [5.41, 5.74) is 1.75. The van der Waals surface area contributed by atoms with Gasteiger partial charge in [-0.3, -0.25) is 9.36 Å². The van der Waals surface area contributed by atoms with E-state index in [1.54, 1.807) is 7.11 Å². The summed E-state index contributed by atoms with van der Waals surface area (Å²) in [4.78, 5) is 15.1. The van der Waals surface area contributed by atoms with Crippen LogP contribution in [0, 0.1) is 0 Å². The second-order valence-corrected chi connectivity index (χ2v) is 9.39. The SMILES string of the molecule is COc1ccc(-n2c(SCC(=O)N3[C@H](C)CCC[C@H]3C)nnc2-c2ccccc2)cc1Cl. The Hall–Kier alpha value is -2.51. The lowest BCUT2D eigenvalue weighted by molar-refractivity contribution is -0.134. The van der Waals surface area contributed by atoms with Crippen LogP contribution in [0.15, 0.2) is 53.7 Å². The largest absolute Gasteiger partial charge is 0.495 e. The average molecular weight is 471 g/mol. The molecular formula is C24H27ClN4O2S. The molecule has 0 radical (unpaired) electrons. The topological polar surface area (TPSA) is 60.2 Å². The highest BCUT2D eigenvalue weighted by molar-refractivity contribution is 7.99. The second-order valence-electron chi connectivity index (χ2n) is 8.05. The van der Waals surface area contributed by atoms with E-state index in [1.807, 2.05) is 58.0 Å². The van der Waals surface area contributed by atoms with Crippen molar-refractivity contribution in [3.63, 3.8) is 0 Å². The molecule has 4 rings (SSSR count). The van der Waals surface area contributed by atoms with Gasteiger partial charge in [-0.1, -0.05) is 53.7 Å². The molecule has 0 spiro atoms. The maximum atomic E-state index is 13.1. The number of rotatable bonds is 6. The normalized spacial score (nSPS) is 18.6. The average Bonchev–Trinajstić information content (AvgIpc) is 3.22. The molecule has 1 aliphatic heterocycles. The number of hydrogen-bond acceptors (Lipinski definition) is 5. The predicted molar refractivity (Wildman–Crippen MR) is 129 cm³/mol. The Balaban J connectivity index is 1.66. The van der Waals surface area contributed by atoms with Crippen molar-refractivity contribution in [2.75, 3.05) is 12.9 Å². The number of amides is 1. The summed E-state index contributed by atoms with van der Waals surface area (Å²) >= 11 is 7.81. The first-order chi connectivity index (χ1) is 15.5. The van der Waals surface area contributed by atoms with Crippen molar-refractivity contribution in [1.29, 1.82) is 0 Å². The van der Waals surface area contributed by atoms with Crippen molar-refractivity contribution >= 4 is 29.3 Å². The molecule has 2 atom stereocenters. The summed E-state index contributed by atoms with van der Waals surface area (Å²) in [6.45, 7) is 4.27. The Morgan fingerprint density at radius 2 is 1.84 bits per heavy atom. The van der Waals surface area contributed by atoms with E-state index < -0.39 is 0 Å². The van der Waals surface area contributed by atoms with Crippen molar-refractivity contribution in [2.24, 2.45) is 0 Å². The van der Waals surface area contributed by atoms with Crippen LogP contribution in [0.4, 0.5) is 0 Å². The van der Waals surface area contributed by atoms with E-state index >= 15 is 0 Å². The summed E-state index contributed by atoms with van der Waals surface area (Å²) in [5, 5.41) is 10.0. The molecule has 3 aromatic rings. The lowest BCUT2D eigenvalue weighted by atomic mass is 9.98. The number of halogens is 1. The Bertz CT molecular complexity index is 1080. The molecule has 0 bridgehead atoms. The van der Waals surface area contributed by atoms with Gasteiger partial charge in [0, 0.05) is 17.6 Å². The number of ether oxygens (including phenoxy) is 1. The fraction of sp³-hybridized carbons (Fsp3) is 0.375. The Morgan fingerprint density at radius 3 is 2.50 bits per heavy atom. The Labute approximate surface area is 197 Å². The highest BCUT2D eigenvalue weighted by atomic mass is 35.5. The third-order valence-electron chi connectivity index (χ3n) is 5.87. The quantitative estimate of drug-likeness (QED) is 0.446. The molecule has 1 aromatic heterocycles. The molecular weight excluding hydrogens is 444 g/mol. The van der Waals surface area contributed by atoms with E-state index in [2.05, 4.69) is 24.0 Å². The molecule has 1 aliphatic rings. The third-order valence-corrected chi connectivity index (χ3v) is 7.07. The highest BCUT2D eigenvalue weighted by Gasteiger charge is 2.29. The number of carbonyl (C=O) groups is 1. The Morgan fingerprint density at radius 1 is 1.12 bits per heavy atom. The Kier molecular flexibility index (Phi) is 7.06. The van der Waals surface area contributed by atoms with Crippen molar-refractivity contribution in [2.45, 2.75) is 50.4 Å². The predicted octanol–water partition coefficient (Wildman–Crippen LogP) is 5.48. The number of likely N-dealkylation sites (tertiary alicyclic amines) is 1. The molecule has 2 aromatic carbocycles. The first-order valence-electron chi connectivity index (χ1n) is 10.8. The van der Waals surface area contributed by atoms with Gasteiger partial charge in [0.25, 0.3) is 0 Å². The van der Waals surface area contributed by atoms with Gasteiger partial charge >= 0.3 is 0 Å². The number of hydrogen-bond donors (Lipinski definition) is 0. The summed E-state index contributed by atoms with van der Waals surface area (Å²) in [6.07, 6.45) is 3.28. The van der Waals surface area contributed by atoms with Crippen LogP contribution in [-0.4, -0.2) is 50.5 Å². The zero-order chi connectivity index (χ0) is 22.7. The van der Waals surface area contributed by atoms with Gasteiger partial charge in [-0.2, -0.15) is 0 Å². The molecule has 2 heterocycles. The van der Waals surface area contributed by atoms with E-state index in [-0.39, 0.29) is 18.0 Å². The van der Waals surface area contributed by atoms with Gasteiger partial charge in [0.15, 0.2) is 11.0 Å². The van der Waals surface area contributed by atoms with Gasteiger partial charge in [0.1, 0.15) is 5.75 Å². The maximum absolute atomic E-state index is 13.1. The zero-order valence-corrected chi connectivity index (χ0v) is 20.1. The summed E-state index contributed by atoms with van der Waals surface area (Å²) in [7, 11) is 1.59. The van der Waals surface area contributed by atoms with E-state index in [0.29, 0.717) is 27.5 Å². The minimum absolute atomic E-state index is 0.137. The number of methoxy groups -OCH3 is 1. The molecule has 0 aliphatic carbocycles. The number of piperidine rings is 1. The van der Waals surface area contributed by atoms with Gasteiger partial charge < -0.3 is 9.64 Å². The lowest BCUT2D eigenvalue weighted by Crippen LogP contribution is -2.48. The first-order valence-corrected chi connectivity index (χ1v) is 12.1. The first kappa shape index (κ1) is 22.7. The van der Waals surface area contributed by atoms with Gasteiger partial charge in [0.05, 0.1) is 23.6 Å². The number of thioether (sulfide) groups is 1. The molecule has 0 N–H and O–H groups in total. The van der Waals surface area contributed by atoms with Crippen LogP contribution in [0.5, 0.6) is 5.75 Å². The molecule has 6 nitrogen and oxygen atoms in total. The van der Waals surface area contributed by atoms with Crippen LogP contribution < -0.4 is 4.74 Å². The number of benzene rings is 2. The van der Waals surface area contributed by atoms with Gasteiger partial charge in [-0.05, 0) is 51.3 Å². The van der Waals surface area contributed by atoms with Crippen molar-refractivity contribution < 1.29 is 9.53 Å². The molecule has 1 fully saturated rings. The summed E-state index contributed by atoms with van der Waals surface area (Å²) in [6, 6.07) is 16.0. The van der Waals surface area contributed by atoms with Crippen molar-refractivity contribution in [3.8, 4) is 22.8 Å². The van der Waals surface area contributed by atoms with E-state index in [9.17, 15) is 4.79 Å². The van der Waals surface area contributed by atoms with E-state index in [4.69, 9.17) is 16.3 Å². The molecule has 8 heteroatoms. The van der Waals surface area contributed by atoms with Crippen molar-refractivity contribution in [3.05, 3.63) is 53.6 Å². The highest BCUT2D eigenvalue weighted by Crippen LogP contribution is 2.33. The van der Waals surface area contributed by atoms with E-state index in [1.165, 1.54) is 18.2 Å². The van der Waals surface area contributed by atoms with Crippen LogP contribution in [0.3, 0.4) is 0 Å². The van der Waals surface area contributed by atoms with Gasteiger partial charge in [0.2, 0.25) is 5.91 Å². The zero-order valence-electron chi connectivity index (χ0n) is 18.5. The molecule has 0 unspecified atom stereocenters. The summed E-state index contributed by atoms with van der Waals surface area (Å²) < 4.78 is 7.25. The molecule has 0 saturated carbocycles. The minimum atomic E-state index is 0.137. The van der Waals surface area contributed by atoms with Gasteiger partial charge in [-0.25, -0.2) is 0 Å². The molecule has 1 amide bonds. The molecule has 168 valence electrons. The monoisotopic (exact) mass is 470 g/mol. The lowest BCUT2D eigenvalue weighted by Gasteiger charge is -2.39. The summed E-state index contributed by atoms with van der Waals surface area (Å²) in [5.74, 6) is 1.74. The molecule has 32 heavy (non-hydrogen) atoms. The standard InChI is InChI=1S/C24H27ClN4O2S/c1-16-8-7-9-17(2)28(16)22(30)15-32-24-27-26-23(18-10-5-4-6-11-18)29(24)19-12-13-21(31-3)20(25)14-19/h4-6,10-14,16-17H,7-9,15H2,1-3H3/t16-,17-/m1/s1. The molecule has 1 saturated heterocycles. The second kappa shape index (κ2) is 9.96. The third kappa shape index (κ3) is 4.64. The van der Waals surface area contributed by atoms with Gasteiger partial charge in [-0.15, -0.1) is 10.2 Å². The van der Waals surface area contributed by atoms with Crippen LogP contribution in [0.2, 0.25) is 5.02 Å². The smallest absolute Gasteiger partial charge is 0.233 e. The number of nitrogens with zero attached hydrogens (tertiary/aromatic N) is 4. The van der Waals surface area contributed by atoms with E-state index in [0.717, 1.165) is 24.1 Å². The fourth-order valence-corrected chi connectivity index (χ4v) is 5.35. The fourth-order valence-electron chi connectivity index (χ4n) is 4.28. The van der Waals surface area contributed by atoms with Crippen LogP contribution in [0.1, 0.15) is 33.1 Å². The van der Waals surface area contributed by atoms with Crippen LogP contribution in [0.25, 0.3) is 17.1 Å². The van der Waals surface area contributed by atoms with Crippen LogP contribution >= 0.6 is 23.4 Å². The number of aromatic nitrogens is 3.